The van der Waals surface area contributed by atoms with Gasteiger partial charge in [-0.1, -0.05) is 42.5 Å². The lowest BCUT2D eigenvalue weighted by molar-refractivity contribution is -0.00248. The van der Waals surface area contributed by atoms with Crippen molar-refractivity contribution in [2.45, 2.75) is 31.9 Å². The molecule has 6 rings (SSSR count). The third-order valence-corrected chi connectivity index (χ3v) is 6.42. The van der Waals surface area contributed by atoms with Gasteiger partial charge in [-0.3, -0.25) is 4.79 Å². The highest BCUT2D eigenvalue weighted by atomic mass is 16.5. The molecule has 26 heavy (non-hydrogen) atoms. The Kier molecular flexibility index (Phi) is 2.47. The predicted molar refractivity (Wildman–Crippen MR) is 101 cm³/mol. The Morgan fingerprint density at radius 3 is 2.62 bits per heavy atom. The number of rotatable bonds is 0. The summed E-state index contributed by atoms with van der Waals surface area (Å²) in [6, 6.07) is 18.6. The summed E-state index contributed by atoms with van der Waals surface area (Å²) < 4.78 is 8.86. The molecule has 3 nitrogen and oxygen atoms in total. The van der Waals surface area contributed by atoms with E-state index in [1.807, 2.05) is 24.3 Å². The van der Waals surface area contributed by atoms with Crippen LogP contribution < -0.4 is 0 Å². The summed E-state index contributed by atoms with van der Waals surface area (Å²) in [6.07, 6.45) is 0. The van der Waals surface area contributed by atoms with E-state index in [4.69, 9.17) is 4.74 Å². The smallest absolute Gasteiger partial charge is 0.194 e. The summed E-state index contributed by atoms with van der Waals surface area (Å²) in [5, 5.41) is 1.25. The molecule has 0 N–H and O–H groups in total. The standard InChI is InChI=1S/C23H19NO2/c1-23(2)16-12-24-17-10-6-3-7-13(17)11-18(24)19(16)20-21(25)14-8-4-5-9-15(14)22(20)26-23/h3-11,16,19H,12H2,1-2H3/t16-,19-/m1/s1. The minimum absolute atomic E-state index is 0.0982. The number of carbonyl (C=O) groups is 1. The third kappa shape index (κ3) is 1.57. The number of para-hydroxylation sites is 1. The highest BCUT2D eigenvalue weighted by Crippen LogP contribution is 2.56. The predicted octanol–water partition coefficient (Wildman–Crippen LogP) is 4.77. The van der Waals surface area contributed by atoms with Gasteiger partial charge in [0.2, 0.25) is 0 Å². The highest BCUT2D eigenvalue weighted by molar-refractivity contribution is 6.21. The van der Waals surface area contributed by atoms with E-state index in [2.05, 4.69) is 48.7 Å². The summed E-state index contributed by atoms with van der Waals surface area (Å²) >= 11 is 0. The lowest BCUT2D eigenvalue weighted by Crippen LogP contribution is -2.41. The SMILES string of the molecule is CC1(C)OC2=C(C(=O)c3ccccc32)[C@H]2c3cc4ccccc4n3C[C@H]21. The molecule has 0 bridgehead atoms. The first-order valence-corrected chi connectivity index (χ1v) is 9.22. The molecule has 3 aromatic rings. The molecule has 2 atom stereocenters. The van der Waals surface area contributed by atoms with Gasteiger partial charge in [-0.15, -0.1) is 0 Å². The van der Waals surface area contributed by atoms with E-state index in [9.17, 15) is 4.79 Å². The average Bonchev–Trinajstić information content (AvgIpc) is 3.25. The molecule has 0 fully saturated rings. The Bertz CT molecular complexity index is 1150. The molecular weight excluding hydrogens is 322 g/mol. The normalized spacial score (nSPS) is 24.9. The van der Waals surface area contributed by atoms with Gasteiger partial charge in [0.1, 0.15) is 11.4 Å². The van der Waals surface area contributed by atoms with E-state index in [0.29, 0.717) is 0 Å². The summed E-state index contributed by atoms with van der Waals surface area (Å²) in [4.78, 5) is 13.3. The van der Waals surface area contributed by atoms with Crippen LogP contribution in [0.3, 0.4) is 0 Å². The van der Waals surface area contributed by atoms with Gasteiger partial charge >= 0.3 is 0 Å². The first-order valence-electron chi connectivity index (χ1n) is 9.22. The second-order valence-electron chi connectivity index (χ2n) is 8.15. The van der Waals surface area contributed by atoms with Crippen LogP contribution >= 0.6 is 0 Å². The molecule has 128 valence electrons. The van der Waals surface area contributed by atoms with E-state index in [1.54, 1.807) is 0 Å². The van der Waals surface area contributed by atoms with Crippen molar-refractivity contribution in [1.29, 1.82) is 0 Å². The van der Waals surface area contributed by atoms with Gasteiger partial charge in [0, 0.05) is 40.7 Å². The van der Waals surface area contributed by atoms with Gasteiger partial charge in [-0.25, -0.2) is 0 Å². The fourth-order valence-corrected chi connectivity index (χ4v) is 5.18. The summed E-state index contributed by atoms with van der Waals surface area (Å²) in [7, 11) is 0. The Hall–Kier alpha value is -2.81. The van der Waals surface area contributed by atoms with E-state index in [0.717, 1.165) is 29.0 Å². The number of hydrogen-bond donors (Lipinski definition) is 0. The monoisotopic (exact) mass is 341 g/mol. The van der Waals surface area contributed by atoms with Crippen molar-refractivity contribution < 1.29 is 9.53 Å². The number of ether oxygens (including phenoxy) is 1. The van der Waals surface area contributed by atoms with Gasteiger partial charge in [0.25, 0.3) is 0 Å². The van der Waals surface area contributed by atoms with Crippen LogP contribution in [0.25, 0.3) is 16.7 Å². The summed E-state index contributed by atoms with van der Waals surface area (Å²) in [6.45, 7) is 5.21. The Labute approximate surface area is 151 Å². The maximum Gasteiger partial charge on any atom is 0.194 e. The zero-order valence-corrected chi connectivity index (χ0v) is 14.8. The molecule has 3 heterocycles. The second-order valence-corrected chi connectivity index (χ2v) is 8.15. The lowest BCUT2D eigenvalue weighted by atomic mass is 9.74. The van der Waals surface area contributed by atoms with Crippen LogP contribution in [0.4, 0.5) is 0 Å². The van der Waals surface area contributed by atoms with Crippen LogP contribution in [0.15, 0.2) is 60.2 Å². The summed E-state index contributed by atoms with van der Waals surface area (Å²) in [5.41, 5.74) is 4.77. The van der Waals surface area contributed by atoms with Gasteiger partial charge < -0.3 is 9.30 Å². The fraction of sp³-hybridized carbons (Fsp3) is 0.261. The van der Waals surface area contributed by atoms with Crippen LogP contribution in [0.2, 0.25) is 0 Å². The molecule has 2 aromatic carbocycles. The summed E-state index contributed by atoms with van der Waals surface area (Å²) in [5.74, 6) is 1.30. The topological polar surface area (TPSA) is 31.2 Å². The molecule has 1 aromatic heterocycles. The Morgan fingerprint density at radius 2 is 1.77 bits per heavy atom. The maximum absolute atomic E-state index is 13.3. The van der Waals surface area contributed by atoms with Crippen molar-refractivity contribution in [2.75, 3.05) is 0 Å². The second kappa shape index (κ2) is 4.47. The van der Waals surface area contributed by atoms with Gasteiger partial charge in [-0.2, -0.15) is 0 Å². The van der Waals surface area contributed by atoms with Gasteiger partial charge in [0.05, 0.1) is 5.57 Å². The molecule has 0 saturated carbocycles. The number of aromatic nitrogens is 1. The van der Waals surface area contributed by atoms with Crippen LogP contribution in [-0.4, -0.2) is 16.0 Å². The number of fused-ring (bicyclic) bond motifs is 8. The molecular formula is C23H19NO2. The number of ketones is 1. The van der Waals surface area contributed by atoms with Crippen LogP contribution in [0, 0.1) is 5.92 Å². The molecule has 0 unspecified atom stereocenters. The number of carbonyl (C=O) groups excluding carboxylic acids is 1. The highest BCUT2D eigenvalue weighted by Gasteiger charge is 2.54. The number of Topliss-reactive ketones (excluding diaryl/α,β-unsaturated/α-hetero) is 1. The van der Waals surface area contributed by atoms with E-state index >= 15 is 0 Å². The van der Waals surface area contributed by atoms with E-state index < -0.39 is 0 Å². The molecule has 1 aliphatic carbocycles. The van der Waals surface area contributed by atoms with Crippen molar-refractivity contribution in [3.8, 4) is 0 Å². The van der Waals surface area contributed by atoms with Crippen molar-refractivity contribution in [2.24, 2.45) is 5.92 Å². The minimum Gasteiger partial charge on any atom is -0.486 e. The lowest BCUT2D eigenvalue weighted by Gasteiger charge is -2.41. The molecule has 0 saturated heterocycles. The average molecular weight is 341 g/mol. The van der Waals surface area contributed by atoms with Gasteiger partial charge in [0.15, 0.2) is 5.78 Å². The van der Waals surface area contributed by atoms with Crippen LogP contribution in [0.1, 0.15) is 41.4 Å². The van der Waals surface area contributed by atoms with Crippen molar-refractivity contribution in [1.82, 2.24) is 4.57 Å². The molecule has 0 amide bonds. The van der Waals surface area contributed by atoms with Crippen LogP contribution in [0.5, 0.6) is 0 Å². The zero-order chi connectivity index (χ0) is 17.6. The Morgan fingerprint density at radius 1 is 1.04 bits per heavy atom. The number of benzene rings is 2. The molecule has 0 spiro atoms. The van der Waals surface area contributed by atoms with Crippen molar-refractivity contribution in [3.63, 3.8) is 0 Å². The molecule has 2 aliphatic heterocycles. The van der Waals surface area contributed by atoms with Gasteiger partial charge in [-0.05, 0) is 31.4 Å². The first kappa shape index (κ1) is 14.4. The first-order chi connectivity index (χ1) is 12.6. The van der Waals surface area contributed by atoms with Crippen LogP contribution in [-0.2, 0) is 11.3 Å². The van der Waals surface area contributed by atoms with E-state index in [-0.39, 0.29) is 23.2 Å². The van der Waals surface area contributed by atoms with Crippen molar-refractivity contribution in [3.05, 3.63) is 77.0 Å². The number of hydrogen-bond acceptors (Lipinski definition) is 2. The van der Waals surface area contributed by atoms with Crippen molar-refractivity contribution >= 4 is 22.4 Å². The maximum atomic E-state index is 13.3. The molecule has 0 radical (unpaired) electrons. The zero-order valence-electron chi connectivity index (χ0n) is 14.8. The number of allylic oxidation sites excluding steroid dienone is 1. The molecule has 3 heteroatoms. The third-order valence-electron chi connectivity index (χ3n) is 6.42. The molecule has 3 aliphatic rings. The van der Waals surface area contributed by atoms with E-state index in [1.165, 1.54) is 16.6 Å². The largest absolute Gasteiger partial charge is 0.486 e. The Balaban J connectivity index is 1.64. The quantitative estimate of drug-likeness (QED) is 0.590. The fourth-order valence-electron chi connectivity index (χ4n) is 5.18. The minimum atomic E-state index is -0.318. The number of nitrogens with zero attached hydrogens (tertiary/aromatic N) is 1.